The molecule has 0 aromatic heterocycles. The Morgan fingerprint density at radius 2 is 1.90 bits per heavy atom. The Kier molecular flexibility index (Phi) is 5.86. The predicted molar refractivity (Wildman–Crippen MR) is 79.5 cm³/mol. The van der Waals surface area contributed by atoms with E-state index in [9.17, 15) is 13.2 Å². The van der Waals surface area contributed by atoms with E-state index in [1.807, 2.05) is 13.8 Å². The average Bonchev–Trinajstić information content (AvgIpc) is 2.26. The van der Waals surface area contributed by atoms with E-state index in [1.54, 1.807) is 0 Å². The van der Waals surface area contributed by atoms with Gasteiger partial charge < -0.3 is 5.11 Å². The van der Waals surface area contributed by atoms with Gasteiger partial charge in [0.05, 0.1) is 26.3 Å². The Balaban J connectivity index is 3.13. The summed E-state index contributed by atoms with van der Waals surface area (Å²) < 4.78 is 24.4. The Hall–Kier alpha value is -0.780. The van der Waals surface area contributed by atoms with E-state index in [0.717, 1.165) is 6.42 Å². The summed E-state index contributed by atoms with van der Waals surface area (Å²) in [6.45, 7) is 4.01. The van der Waals surface area contributed by atoms with Crippen molar-refractivity contribution in [3.63, 3.8) is 0 Å². The van der Waals surface area contributed by atoms with Gasteiger partial charge in [-0.3, -0.25) is 0 Å². The zero-order chi connectivity index (χ0) is 15.5. The van der Waals surface area contributed by atoms with E-state index in [4.69, 9.17) is 28.3 Å². The predicted octanol–water partition coefficient (Wildman–Crippen LogP) is 3.90. The minimum atomic E-state index is -3.61. The van der Waals surface area contributed by atoms with Crippen LogP contribution in [0.3, 0.4) is 0 Å². The normalized spacial score (nSPS) is 11.8. The summed E-state index contributed by atoms with van der Waals surface area (Å²) in [6.07, 6.45) is 1.28. The third-order valence-corrected chi connectivity index (χ3v) is 5.46. The number of carboxylic acids is 1. The molecule has 0 saturated heterocycles. The Bertz CT molecular complexity index is 609. The largest absolute Gasteiger partial charge is 0.478 e. The second kappa shape index (κ2) is 6.78. The highest BCUT2D eigenvalue weighted by molar-refractivity contribution is 7.91. The molecule has 0 bridgehead atoms. The fourth-order valence-electron chi connectivity index (χ4n) is 1.76. The van der Waals surface area contributed by atoms with Crippen LogP contribution < -0.4 is 0 Å². The van der Waals surface area contributed by atoms with E-state index < -0.39 is 15.8 Å². The maximum absolute atomic E-state index is 12.2. The van der Waals surface area contributed by atoms with Gasteiger partial charge in [0.2, 0.25) is 0 Å². The molecular formula is C13H16Cl2O4S. The van der Waals surface area contributed by atoms with E-state index in [2.05, 4.69) is 0 Å². The smallest absolute Gasteiger partial charge is 0.338 e. The summed E-state index contributed by atoms with van der Waals surface area (Å²) in [5, 5.41) is 8.62. The van der Waals surface area contributed by atoms with Crippen LogP contribution >= 0.6 is 23.2 Å². The maximum atomic E-state index is 12.2. The lowest BCUT2D eigenvalue weighted by molar-refractivity contribution is 0.0697. The molecule has 0 aliphatic carbocycles. The van der Waals surface area contributed by atoms with Crippen LogP contribution in [0.4, 0.5) is 0 Å². The van der Waals surface area contributed by atoms with Crippen molar-refractivity contribution in [2.24, 2.45) is 5.92 Å². The van der Waals surface area contributed by atoms with Crippen LogP contribution in [0, 0.1) is 5.92 Å². The van der Waals surface area contributed by atoms with Gasteiger partial charge in [-0.25, -0.2) is 13.2 Å². The number of benzene rings is 1. The van der Waals surface area contributed by atoms with Crippen molar-refractivity contribution in [2.45, 2.75) is 31.6 Å². The van der Waals surface area contributed by atoms with Crippen LogP contribution in [0.25, 0.3) is 0 Å². The van der Waals surface area contributed by atoms with Crippen molar-refractivity contribution in [3.05, 3.63) is 27.7 Å². The standard InChI is InChI=1S/C13H16Cl2O4S/c1-8(2)4-3-7-20(18,19)10-6-5-9(14)11(12(10)15)13(16)17/h5-6,8H,3-4,7H2,1-2H3,(H,16,17). The van der Waals surface area contributed by atoms with Crippen LogP contribution in [-0.2, 0) is 9.84 Å². The van der Waals surface area contributed by atoms with Crippen LogP contribution in [0.15, 0.2) is 17.0 Å². The van der Waals surface area contributed by atoms with Gasteiger partial charge in [0.15, 0.2) is 9.84 Å². The van der Waals surface area contributed by atoms with Crippen molar-refractivity contribution in [1.29, 1.82) is 0 Å². The second-order valence-electron chi connectivity index (χ2n) is 4.89. The summed E-state index contributed by atoms with van der Waals surface area (Å²) >= 11 is 11.6. The van der Waals surface area contributed by atoms with Gasteiger partial charge in [0, 0.05) is 0 Å². The summed E-state index contributed by atoms with van der Waals surface area (Å²) in [4.78, 5) is 10.9. The van der Waals surface area contributed by atoms with Gasteiger partial charge in [0.1, 0.15) is 0 Å². The molecule has 20 heavy (non-hydrogen) atoms. The van der Waals surface area contributed by atoms with Crippen molar-refractivity contribution in [3.8, 4) is 0 Å². The van der Waals surface area contributed by atoms with Gasteiger partial charge in [-0.05, 0) is 30.9 Å². The number of aromatic carboxylic acids is 1. The lowest BCUT2D eigenvalue weighted by Crippen LogP contribution is -2.11. The molecular weight excluding hydrogens is 323 g/mol. The topological polar surface area (TPSA) is 71.4 Å². The Morgan fingerprint density at radius 3 is 2.40 bits per heavy atom. The van der Waals surface area contributed by atoms with Crippen molar-refractivity contribution in [1.82, 2.24) is 0 Å². The molecule has 1 aromatic carbocycles. The molecule has 1 aromatic rings. The van der Waals surface area contributed by atoms with Crippen LogP contribution in [0.5, 0.6) is 0 Å². The molecule has 0 aliphatic heterocycles. The Labute approximate surface area is 128 Å². The molecule has 0 atom stereocenters. The monoisotopic (exact) mass is 338 g/mol. The highest BCUT2D eigenvalue weighted by Crippen LogP contribution is 2.32. The molecule has 0 saturated carbocycles. The molecule has 0 amide bonds. The number of hydrogen-bond acceptors (Lipinski definition) is 3. The van der Waals surface area contributed by atoms with Crippen molar-refractivity contribution < 1.29 is 18.3 Å². The summed E-state index contributed by atoms with van der Waals surface area (Å²) in [7, 11) is -3.61. The number of sulfone groups is 1. The van der Waals surface area contributed by atoms with Gasteiger partial charge in [0.25, 0.3) is 0 Å². The molecule has 4 nitrogen and oxygen atoms in total. The van der Waals surface area contributed by atoms with Gasteiger partial charge in [-0.15, -0.1) is 0 Å². The number of carbonyl (C=O) groups is 1. The molecule has 7 heteroatoms. The molecule has 0 aliphatic rings. The molecule has 0 unspecified atom stereocenters. The summed E-state index contributed by atoms with van der Waals surface area (Å²) in [6, 6.07) is 2.49. The highest BCUT2D eigenvalue weighted by atomic mass is 35.5. The molecule has 0 radical (unpaired) electrons. The average molecular weight is 339 g/mol. The number of halogens is 2. The molecule has 0 fully saturated rings. The second-order valence-corrected chi connectivity index (χ2v) is 7.76. The molecule has 1 rings (SSSR count). The van der Waals surface area contributed by atoms with E-state index in [1.165, 1.54) is 12.1 Å². The van der Waals surface area contributed by atoms with Crippen molar-refractivity contribution in [2.75, 3.05) is 5.75 Å². The number of rotatable bonds is 6. The fraction of sp³-hybridized carbons (Fsp3) is 0.462. The maximum Gasteiger partial charge on any atom is 0.338 e. The van der Waals surface area contributed by atoms with Gasteiger partial charge >= 0.3 is 5.97 Å². The summed E-state index contributed by atoms with van der Waals surface area (Å²) in [5.74, 6) is -1.01. The van der Waals surface area contributed by atoms with Gasteiger partial charge in [-0.1, -0.05) is 37.0 Å². The van der Waals surface area contributed by atoms with E-state index >= 15 is 0 Å². The quantitative estimate of drug-likeness (QED) is 0.853. The minimum absolute atomic E-state index is 0.0639. The highest BCUT2D eigenvalue weighted by Gasteiger charge is 2.24. The van der Waals surface area contributed by atoms with E-state index in [-0.39, 0.29) is 26.3 Å². The molecule has 112 valence electrons. The third-order valence-electron chi connectivity index (χ3n) is 2.80. The lowest BCUT2D eigenvalue weighted by atomic mass is 10.1. The first kappa shape index (κ1) is 17.3. The number of carboxylic acid groups (broad SMARTS) is 1. The van der Waals surface area contributed by atoms with Crippen LogP contribution in [0.2, 0.25) is 10.0 Å². The first-order valence-electron chi connectivity index (χ1n) is 6.11. The fourth-order valence-corrected chi connectivity index (χ4v) is 4.06. The minimum Gasteiger partial charge on any atom is -0.478 e. The molecule has 0 heterocycles. The first-order chi connectivity index (χ1) is 9.16. The van der Waals surface area contributed by atoms with E-state index in [0.29, 0.717) is 12.3 Å². The molecule has 0 spiro atoms. The third kappa shape index (κ3) is 4.11. The zero-order valence-electron chi connectivity index (χ0n) is 11.2. The van der Waals surface area contributed by atoms with Crippen LogP contribution in [-0.4, -0.2) is 25.2 Å². The molecule has 1 N–H and O–H groups in total. The lowest BCUT2D eigenvalue weighted by Gasteiger charge is -2.10. The Morgan fingerprint density at radius 1 is 1.30 bits per heavy atom. The zero-order valence-corrected chi connectivity index (χ0v) is 13.5. The van der Waals surface area contributed by atoms with Crippen molar-refractivity contribution >= 4 is 39.0 Å². The number of hydrogen-bond donors (Lipinski definition) is 1. The van der Waals surface area contributed by atoms with Crippen LogP contribution in [0.1, 0.15) is 37.0 Å². The van der Waals surface area contributed by atoms with Gasteiger partial charge in [-0.2, -0.15) is 0 Å². The first-order valence-corrected chi connectivity index (χ1v) is 8.51. The SMILES string of the molecule is CC(C)CCCS(=O)(=O)c1ccc(Cl)c(C(=O)O)c1Cl. The summed E-state index contributed by atoms with van der Waals surface area (Å²) in [5.41, 5.74) is -0.377.